The van der Waals surface area contributed by atoms with Crippen molar-refractivity contribution in [2.75, 3.05) is 25.5 Å². The highest BCUT2D eigenvalue weighted by Crippen LogP contribution is 2.35. The minimum atomic E-state index is -0.489. The maximum absolute atomic E-state index is 13.9. The number of likely N-dealkylation sites (tertiary alicyclic amines) is 1. The molecule has 138 valence electrons. The lowest BCUT2D eigenvalue weighted by molar-refractivity contribution is 0.0315. The van der Waals surface area contributed by atoms with Crippen LogP contribution in [0.1, 0.15) is 12.8 Å². The number of carbonyl (C=O) groups is 1. The third kappa shape index (κ3) is 3.95. The molecule has 0 bridgehead atoms. The Morgan fingerprint density at radius 3 is 2.65 bits per heavy atom. The molecule has 1 heterocycles. The molecule has 0 spiro atoms. The summed E-state index contributed by atoms with van der Waals surface area (Å²) in [5, 5.41) is 0.766. The number of rotatable bonds is 3. The standard InChI is InChI=1S/C19H19Cl2FN2O2/c1-23-9-3-4-18(23)26-19(25)24(2)17-8-6-13(22)11-14(17)12-5-7-15(20)16(21)10-12/h5-8,10-11,18H,3-4,9H2,1-2H3/t18-/m0/s1. The van der Waals surface area contributed by atoms with Crippen molar-refractivity contribution in [2.45, 2.75) is 19.1 Å². The van der Waals surface area contributed by atoms with Crippen molar-refractivity contribution in [3.8, 4) is 11.1 Å². The Kier molecular flexibility index (Phi) is 5.70. The summed E-state index contributed by atoms with van der Waals surface area (Å²) in [5.41, 5.74) is 1.71. The number of benzene rings is 2. The van der Waals surface area contributed by atoms with Gasteiger partial charge in [-0.3, -0.25) is 9.80 Å². The van der Waals surface area contributed by atoms with Crippen LogP contribution in [0.2, 0.25) is 10.0 Å². The first-order chi connectivity index (χ1) is 12.4. The van der Waals surface area contributed by atoms with Crippen LogP contribution in [-0.2, 0) is 4.74 Å². The van der Waals surface area contributed by atoms with Crippen LogP contribution in [0.25, 0.3) is 11.1 Å². The summed E-state index contributed by atoms with van der Waals surface area (Å²) in [7, 11) is 3.52. The minimum absolute atomic E-state index is 0.237. The summed E-state index contributed by atoms with van der Waals surface area (Å²) >= 11 is 12.1. The first-order valence-electron chi connectivity index (χ1n) is 8.26. The molecule has 1 fully saturated rings. The first-order valence-corrected chi connectivity index (χ1v) is 9.02. The summed E-state index contributed by atoms with van der Waals surface area (Å²) in [6.07, 6.45) is 1.07. The second kappa shape index (κ2) is 7.82. The fourth-order valence-corrected chi connectivity index (χ4v) is 3.32. The van der Waals surface area contributed by atoms with E-state index in [1.165, 1.54) is 17.0 Å². The average Bonchev–Trinajstić information content (AvgIpc) is 3.01. The van der Waals surface area contributed by atoms with Crippen molar-refractivity contribution in [3.63, 3.8) is 0 Å². The quantitative estimate of drug-likeness (QED) is 0.693. The van der Waals surface area contributed by atoms with E-state index in [0.717, 1.165) is 19.4 Å². The van der Waals surface area contributed by atoms with Crippen molar-refractivity contribution in [2.24, 2.45) is 0 Å². The molecule has 7 heteroatoms. The van der Waals surface area contributed by atoms with Crippen LogP contribution in [0.4, 0.5) is 14.9 Å². The van der Waals surface area contributed by atoms with Crippen LogP contribution in [-0.4, -0.2) is 37.9 Å². The molecule has 2 aromatic carbocycles. The zero-order valence-electron chi connectivity index (χ0n) is 14.5. The van der Waals surface area contributed by atoms with Crippen molar-refractivity contribution in [1.82, 2.24) is 4.90 Å². The molecule has 2 aromatic rings. The third-order valence-electron chi connectivity index (χ3n) is 4.51. The fraction of sp³-hybridized carbons (Fsp3) is 0.316. The predicted octanol–water partition coefficient (Wildman–Crippen LogP) is 5.42. The van der Waals surface area contributed by atoms with E-state index in [9.17, 15) is 9.18 Å². The van der Waals surface area contributed by atoms with Gasteiger partial charge in [-0.15, -0.1) is 0 Å². The highest BCUT2D eigenvalue weighted by atomic mass is 35.5. The molecule has 1 amide bonds. The van der Waals surface area contributed by atoms with Gasteiger partial charge in [-0.05, 0) is 55.8 Å². The number of hydrogen-bond acceptors (Lipinski definition) is 3. The Balaban J connectivity index is 1.91. The largest absolute Gasteiger partial charge is 0.430 e. The van der Waals surface area contributed by atoms with E-state index in [-0.39, 0.29) is 6.23 Å². The molecule has 0 unspecified atom stereocenters. The molecule has 0 saturated carbocycles. The molecule has 1 aliphatic rings. The van der Waals surface area contributed by atoms with E-state index >= 15 is 0 Å². The van der Waals surface area contributed by atoms with Crippen molar-refractivity contribution in [1.29, 1.82) is 0 Å². The molecule has 1 aliphatic heterocycles. The summed E-state index contributed by atoms with van der Waals surface area (Å²) in [6, 6.07) is 9.23. The molecule has 0 N–H and O–H groups in total. The maximum atomic E-state index is 13.9. The van der Waals surface area contributed by atoms with E-state index < -0.39 is 11.9 Å². The highest BCUT2D eigenvalue weighted by molar-refractivity contribution is 6.42. The van der Waals surface area contributed by atoms with Gasteiger partial charge < -0.3 is 4.74 Å². The Hall–Kier alpha value is -1.82. The Morgan fingerprint density at radius 1 is 1.23 bits per heavy atom. The highest BCUT2D eigenvalue weighted by Gasteiger charge is 2.27. The second-order valence-corrected chi connectivity index (χ2v) is 7.13. The number of amides is 1. The monoisotopic (exact) mass is 396 g/mol. The van der Waals surface area contributed by atoms with Crippen molar-refractivity contribution < 1.29 is 13.9 Å². The molecule has 0 aromatic heterocycles. The third-order valence-corrected chi connectivity index (χ3v) is 5.25. The zero-order chi connectivity index (χ0) is 18.8. The van der Waals surface area contributed by atoms with Gasteiger partial charge in [0.15, 0.2) is 6.23 Å². The van der Waals surface area contributed by atoms with E-state index in [2.05, 4.69) is 0 Å². The predicted molar refractivity (Wildman–Crippen MR) is 102 cm³/mol. The van der Waals surface area contributed by atoms with Gasteiger partial charge in [0.05, 0.1) is 15.7 Å². The van der Waals surface area contributed by atoms with Crippen LogP contribution in [0, 0.1) is 5.82 Å². The number of nitrogens with zero attached hydrogens (tertiary/aromatic N) is 2. The SMILES string of the molecule is CN(C(=O)O[C@H]1CCCN1C)c1ccc(F)cc1-c1ccc(Cl)c(Cl)c1. The number of ether oxygens (including phenoxy) is 1. The van der Waals surface area contributed by atoms with Crippen molar-refractivity contribution >= 4 is 35.0 Å². The summed E-state index contributed by atoms with van der Waals surface area (Å²) in [5.74, 6) is -0.410. The maximum Gasteiger partial charge on any atom is 0.415 e. The van der Waals surface area contributed by atoms with Gasteiger partial charge in [0.25, 0.3) is 0 Å². The van der Waals surface area contributed by atoms with Gasteiger partial charge in [-0.25, -0.2) is 9.18 Å². The van der Waals surface area contributed by atoms with Crippen LogP contribution in [0.15, 0.2) is 36.4 Å². The Morgan fingerprint density at radius 2 is 2.00 bits per heavy atom. The van der Waals surface area contributed by atoms with Crippen LogP contribution < -0.4 is 4.90 Å². The topological polar surface area (TPSA) is 32.8 Å². The number of anilines is 1. The van der Waals surface area contributed by atoms with Gasteiger partial charge in [0.2, 0.25) is 0 Å². The van der Waals surface area contributed by atoms with E-state index in [1.807, 2.05) is 11.9 Å². The van der Waals surface area contributed by atoms with Crippen LogP contribution >= 0.6 is 23.2 Å². The molecule has 1 atom stereocenters. The van der Waals surface area contributed by atoms with E-state index in [1.54, 1.807) is 31.3 Å². The van der Waals surface area contributed by atoms with E-state index in [4.69, 9.17) is 27.9 Å². The van der Waals surface area contributed by atoms with Crippen LogP contribution in [0.3, 0.4) is 0 Å². The number of hydrogen-bond donors (Lipinski definition) is 0. The summed E-state index contributed by atoms with van der Waals surface area (Å²) in [6.45, 7) is 0.896. The number of halogens is 3. The minimum Gasteiger partial charge on any atom is -0.430 e. The fourth-order valence-electron chi connectivity index (χ4n) is 3.02. The molecule has 3 rings (SSSR count). The lowest BCUT2D eigenvalue weighted by Crippen LogP contribution is -2.36. The molecule has 4 nitrogen and oxygen atoms in total. The molecule has 1 saturated heterocycles. The van der Waals surface area contributed by atoms with E-state index in [0.29, 0.717) is 26.9 Å². The van der Waals surface area contributed by atoms with Gasteiger partial charge in [-0.2, -0.15) is 0 Å². The zero-order valence-corrected chi connectivity index (χ0v) is 16.0. The van der Waals surface area contributed by atoms with Crippen LogP contribution in [0.5, 0.6) is 0 Å². The average molecular weight is 397 g/mol. The molecule has 0 aliphatic carbocycles. The Labute approximate surface area is 162 Å². The number of carbonyl (C=O) groups excluding carboxylic acids is 1. The summed E-state index contributed by atoms with van der Waals surface area (Å²) < 4.78 is 19.4. The smallest absolute Gasteiger partial charge is 0.415 e. The lowest BCUT2D eigenvalue weighted by Gasteiger charge is -2.25. The van der Waals surface area contributed by atoms with Gasteiger partial charge in [-0.1, -0.05) is 29.3 Å². The molecular weight excluding hydrogens is 378 g/mol. The second-order valence-electron chi connectivity index (χ2n) is 6.31. The summed E-state index contributed by atoms with van der Waals surface area (Å²) in [4.78, 5) is 15.9. The van der Waals surface area contributed by atoms with Gasteiger partial charge >= 0.3 is 6.09 Å². The normalized spacial score (nSPS) is 17.3. The van der Waals surface area contributed by atoms with Gasteiger partial charge in [0.1, 0.15) is 5.82 Å². The Bertz CT molecular complexity index is 831. The van der Waals surface area contributed by atoms with Crippen molar-refractivity contribution in [3.05, 3.63) is 52.3 Å². The molecule has 26 heavy (non-hydrogen) atoms. The first kappa shape index (κ1) is 19.0. The molecule has 0 radical (unpaired) electrons. The van der Waals surface area contributed by atoms with Gasteiger partial charge in [0, 0.05) is 19.2 Å². The molecular formula is C19H19Cl2FN2O2. The lowest BCUT2D eigenvalue weighted by atomic mass is 10.0.